The second kappa shape index (κ2) is 5.65. The van der Waals surface area contributed by atoms with Gasteiger partial charge in [0.1, 0.15) is 0 Å². The molecular formula is C9H10BrNO4. The normalized spacial score (nSPS) is 16.5. The van der Waals surface area contributed by atoms with Gasteiger partial charge >= 0.3 is 5.97 Å². The van der Waals surface area contributed by atoms with Crippen LogP contribution < -0.4 is 0 Å². The Morgan fingerprint density at radius 1 is 1.33 bits per heavy atom. The number of amides is 2. The molecule has 1 saturated heterocycles. The maximum atomic E-state index is 11.1. The molecule has 1 aliphatic heterocycles. The van der Waals surface area contributed by atoms with Crippen molar-refractivity contribution in [1.29, 1.82) is 0 Å². The maximum Gasteiger partial charge on any atom is 0.336 e. The average molecular weight is 276 g/mol. The minimum Gasteiger partial charge on any atom is -0.330 e. The molecule has 6 heteroatoms. The molecule has 0 spiro atoms. The number of carbonyl (C=O) groups excluding carboxylic acids is 3. The van der Waals surface area contributed by atoms with Crippen LogP contribution in [0, 0.1) is 0 Å². The highest BCUT2D eigenvalue weighted by molar-refractivity contribution is 9.09. The SMILES string of the molecule is O=C(C/C=C/CBr)ON1C(=O)CCC1=O. The average Bonchev–Trinajstić information content (AvgIpc) is 2.50. The molecule has 5 nitrogen and oxygen atoms in total. The zero-order valence-corrected chi connectivity index (χ0v) is 9.53. The van der Waals surface area contributed by atoms with Crippen LogP contribution in [0.25, 0.3) is 0 Å². The van der Waals surface area contributed by atoms with Crippen molar-refractivity contribution in [2.24, 2.45) is 0 Å². The molecule has 0 saturated carbocycles. The van der Waals surface area contributed by atoms with Crippen molar-refractivity contribution in [2.45, 2.75) is 19.3 Å². The second-order valence-electron chi connectivity index (χ2n) is 2.87. The highest BCUT2D eigenvalue weighted by Gasteiger charge is 2.32. The molecule has 82 valence electrons. The van der Waals surface area contributed by atoms with Gasteiger partial charge in [0, 0.05) is 18.2 Å². The van der Waals surface area contributed by atoms with E-state index in [1.807, 2.05) is 0 Å². The molecule has 0 atom stereocenters. The monoisotopic (exact) mass is 275 g/mol. The summed E-state index contributed by atoms with van der Waals surface area (Å²) in [6.07, 6.45) is 3.60. The highest BCUT2D eigenvalue weighted by Crippen LogP contribution is 2.12. The Hall–Kier alpha value is -1.17. The van der Waals surface area contributed by atoms with Crippen molar-refractivity contribution in [3.8, 4) is 0 Å². The van der Waals surface area contributed by atoms with Crippen molar-refractivity contribution in [3.05, 3.63) is 12.2 Å². The van der Waals surface area contributed by atoms with Gasteiger partial charge in [-0.15, -0.1) is 5.06 Å². The van der Waals surface area contributed by atoms with Crippen LogP contribution in [0.2, 0.25) is 0 Å². The van der Waals surface area contributed by atoms with E-state index < -0.39 is 17.8 Å². The summed E-state index contributed by atoms with van der Waals surface area (Å²) in [6, 6.07) is 0. The minimum absolute atomic E-state index is 0.0443. The molecule has 0 aliphatic carbocycles. The van der Waals surface area contributed by atoms with Crippen molar-refractivity contribution < 1.29 is 19.2 Å². The predicted molar refractivity (Wildman–Crippen MR) is 54.7 cm³/mol. The fourth-order valence-corrected chi connectivity index (χ4v) is 1.30. The third-order valence-electron chi connectivity index (χ3n) is 1.74. The van der Waals surface area contributed by atoms with E-state index in [0.29, 0.717) is 10.4 Å². The number of nitrogens with zero attached hydrogens (tertiary/aromatic N) is 1. The first-order chi connectivity index (χ1) is 7.15. The summed E-state index contributed by atoms with van der Waals surface area (Å²) >= 11 is 3.15. The van der Waals surface area contributed by atoms with Crippen LogP contribution in [0.3, 0.4) is 0 Å². The van der Waals surface area contributed by atoms with Gasteiger partial charge in [0.15, 0.2) is 0 Å². The molecule has 15 heavy (non-hydrogen) atoms. The molecule has 0 bridgehead atoms. The van der Waals surface area contributed by atoms with Crippen LogP contribution in [0.1, 0.15) is 19.3 Å². The number of rotatable bonds is 4. The molecule has 0 N–H and O–H groups in total. The number of allylic oxidation sites excluding steroid dienone is 1. The molecule has 0 radical (unpaired) electrons. The molecule has 1 heterocycles. The van der Waals surface area contributed by atoms with Gasteiger partial charge in [-0.25, -0.2) is 4.79 Å². The zero-order chi connectivity index (χ0) is 11.3. The Morgan fingerprint density at radius 2 is 1.93 bits per heavy atom. The zero-order valence-electron chi connectivity index (χ0n) is 7.94. The number of carbonyl (C=O) groups is 3. The van der Waals surface area contributed by atoms with E-state index in [1.54, 1.807) is 12.2 Å². The third kappa shape index (κ3) is 3.47. The summed E-state index contributed by atoms with van der Waals surface area (Å²) in [7, 11) is 0. The topological polar surface area (TPSA) is 63.7 Å². The summed E-state index contributed by atoms with van der Waals surface area (Å²) in [5.41, 5.74) is 0. The van der Waals surface area contributed by atoms with E-state index in [-0.39, 0.29) is 19.3 Å². The van der Waals surface area contributed by atoms with Crippen LogP contribution in [0.4, 0.5) is 0 Å². The first-order valence-corrected chi connectivity index (χ1v) is 5.55. The van der Waals surface area contributed by atoms with E-state index in [2.05, 4.69) is 20.8 Å². The van der Waals surface area contributed by atoms with Crippen LogP contribution >= 0.6 is 15.9 Å². The van der Waals surface area contributed by atoms with Crippen molar-refractivity contribution >= 4 is 33.7 Å². The molecule has 1 fully saturated rings. The maximum absolute atomic E-state index is 11.1. The number of halogens is 1. The summed E-state index contributed by atoms with van der Waals surface area (Å²) in [5, 5.41) is 1.19. The number of imide groups is 1. The summed E-state index contributed by atoms with van der Waals surface area (Å²) in [6.45, 7) is 0. The van der Waals surface area contributed by atoms with E-state index in [4.69, 9.17) is 0 Å². The molecule has 2 amide bonds. The van der Waals surface area contributed by atoms with Crippen LogP contribution in [0.15, 0.2) is 12.2 Å². The number of hydrogen-bond acceptors (Lipinski definition) is 4. The lowest BCUT2D eigenvalue weighted by molar-refractivity contribution is -0.196. The lowest BCUT2D eigenvalue weighted by Crippen LogP contribution is -2.31. The molecule has 1 rings (SSSR count). The van der Waals surface area contributed by atoms with Gasteiger partial charge in [-0.05, 0) is 0 Å². The molecular weight excluding hydrogens is 266 g/mol. The lowest BCUT2D eigenvalue weighted by atomic mass is 10.4. The fraction of sp³-hybridized carbons (Fsp3) is 0.444. The van der Waals surface area contributed by atoms with E-state index in [0.717, 1.165) is 0 Å². The van der Waals surface area contributed by atoms with Gasteiger partial charge in [0.25, 0.3) is 11.8 Å². The summed E-state index contributed by atoms with van der Waals surface area (Å²) in [4.78, 5) is 37.8. The van der Waals surface area contributed by atoms with Crippen molar-refractivity contribution in [2.75, 3.05) is 5.33 Å². The van der Waals surface area contributed by atoms with Gasteiger partial charge in [0.2, 0.25) is 0 Å². The first-order valence-electron chi connectivity index (χ1n) is 4.42. The Bertz CT molecular complexity index is 297. The first kappa shape index (κ1) is 11.9. The fourth-order valence-electron chi connectivity index (χ4n) is 1.04. The summed E-state index contributed by atoms with van der Waals surface area (Å²) < 4.78 is 0. The standard InChI is InChI=1S/C9H10BrNO4/c10-6-2-1-3-9(14)15-11-7(12)4-5-8(11)13/h1-2H,3-6H2/b2-1+. The molecule has 0 aromatic carbocycles. The second-order valence-corrected chi connectivity index (χ2v) is 3.52. The predicted octanol–water partition coefficient (Wildman–Crippen LogP) is 0.935. The summed E-state index contributed by atoms with van der Waals surface area (Å²) in [5.74, 6) is -1.54. The van der Waals surface area contributed by atoms with Gasteiger partial charge in [-0.2, -0.15) is 0 Å². The molecule has 1 aliphatic rings. The quantitative estimate of drug-likeness (QED) is 0.435. The Labute approximate surface area is 95.1 Å². The van der Waals surface area contributed by atoms with Gasteiger partial charge in [-0.1, -0.05) is 28.1 Å². The minimum atomic E-state index is -0.615. The van der Waals surface area contributed by atoms with Crippen molar-refractivity contribution in [3.63, 3.8) is 0 Å². The Morgan fingerprint density at radius 3 is 2.47 bits per heavy atom. The third-order valence-corrected chi connectivity index (χ3v) is 2.11. The molecule has 0 aromatic heterocycles. The Kier molecular flexibility index (Phi) is 4.48. The van der Waals surface area contributed by atoms with Crippen LogP contribution in [-0.4, -0.2) is 28.2 Å². The van der Waals surface area contributed by atoms with Crippen molar-refractivity contribution in [1.82, 2.24) is 5.06 Å². The van der Waals surface area contributed by atoms with Crippen LogP contribution in [-0.2, 0) is 19.2 Å². The highest BCUT2D eigenvalue weighted by atomic mass is 79.9. The number of alkyl halides is 1. The van der Waals surface area contributed by atoms with E-state index in [1.165, 1.54) is 0 Å². The molecule has 0 aromatic rings. The number of hydroxylamine groups is 2. The largest absolute Gasteiger partial charge is 0.336 e. The van der Waals surface area contributed by atoms with Crippen LogP contribution in [0.5, 0.6) is 0 Å². The number of hydrogen-bond donors (Lipinski definition) is 0. The van der Waals surface area contributed by atoms with Gasteiger partial charge < -0.3 is 4.84 Å². The smallest absolute Gasteiger partial charge is 0.330 e. The van der Waals surface area contributed by atoms with Gasteiger partial charge in [-0.3, -0.25) is 9.59 Å². The van der Waals surface area contributed by atoms with E-state index >= 15 is 0 Å². The molecule has 0 unspecified atom stereocenters. The van der Waals surface area contributed by atoms with E-state index in [9.17, 15) is 14.4 Å². The van der Waals surface area contributed by atoms with Gasteiger partial charge in [0.05, 0.1) is 6.42 Å². The lowest BCUT2D eigenvalue weighted by Gasteiger charge is -2.11. The Balaban J connectivity index is 2.40.